The van der Waals surface area contributed by atoms with E-state index in [1.807, 2.05) is 0 Å². The highest BCUT2D eigenvalue weighted by Gasteiger charge is 2.36. The smallest absolute Gasteiger partial charge is 0.413 e. The second-order valence-electron chi connectivity index (χ2n) is 12.5. The maximum atomic E-state index is 13.0. The number of unbranched alkanes of at least 4 members (excludes halogenated alkanes) is 2. The lowest BCUT2D eigenvalue weighted by atomic mass is 9.98. The van der Waals surface area contributed by atoms with Gasteiger partial charge in [0.1, 0.15) is 17.3 Å². The maximum absolute atomic E-state index is 13.0. The Balaban J connectivity index is 1.38. The van der Waals surface area contributed by atoms with Crippen LogP contribution in [0.25, 0.3) is 0 Å². The summed E-state index contributed by atoms with van der Waals surface area (Å²) in [5.41, 5.74) is -0.451. The van der Waals surface area contributed by atoms with Crippen LogP contribution in [0.3, 0.4) is 0 Å². The van der Waals surface area contributed by atoms with Crippen molar-refractivity contribution >= 4 is 68.5 Å². The van der Waals surface area contributed by atoms with Crippen LogP contribution in [0.4, 0.5) is 10.5 Å². The zero-order valence-corrected chi connectivity index (χ0v) is 31.8. The number of Topliss-reactive ketones (excluding diaryl/α,β-unsaturated/α-hetero) is 2. The van der Waals surface area contributed by atoms with Gasteiger partial charge >= 0.3 is 18.0 Å². The maximum Gasteiger partial charge on any atom is 0.413 e. The van der Waals surface area contributed by atoms with Gasteiger partial charge in [-0.2, -0.15) is 0 Å². The molecule has 288 valence electrons. The number of esters is 2. The lowest BCUT2D eigenvalue weighted by Gasteiger charge is -2.38. The van der Waals surface area contributed by atoms with E-state index in [1.54, 1.807) is 51.1 Å². The Hall–Kier alpha value is -4.48. The van der Waals surface area contributed by atoms with Crippen molar-refractivity contribution in [3.8, 4) is 0 Å². The van der Waals surface area contributed by atoms with Gasteiger partial charge in [0.15, 0.2) is 5.78 Å². The molecule has 53 heavy (non-hydrogen) atoms. The Kier molecular flexibility index (Phi) is 15.8. The molecule has 1 atom stereocenters. The molecule has 0 radical (unpaired) electrons. The minimum atomic E-state index is -4.23. The molecule has 1 heterocycles. The summed E-state index contributed by atoms with van der Waals surface area (Å²) in [7, 11) is -4.23. The van der Waals surface area contributed by atoms with Crippen LogP contribution in [0.15, 0.2) is 64.1 Å². The first-order valence-electron chi connectivity index (χ1n) is 16.2. The number of carbonyl (C=O) groups is 5. The summed E-state index contributed by atoms with van der Waals surface area (Å²) in [6.07, 6.45) is 1.89. The van der Waals surface area contributed by atoms with Crippen LogP contribution in [-0.2, 0) is 45.1 Å². The third kappa shape index (κ3) is 13.2. The zero-order valence-electron chi connectivity index (χ0n) is 29.5. The van der Waals surface area contributed by atoms with Crippen LogP contribution in [0.1, 0.15) is 73.4 Å². The molecule has 0 saturated carbocycles. The predicted molar refractivity (Wildman–Crippen MR) is 193 cm³/mol. The van der Waals surface area contributed by atoms with Crippen molar-refractivity contribution in [3.63, 3.8) is 0 Å². The molecule has 0 aliphatic rings. The van der Waals surface area contributed by atoms with Crippen molar-refractivity contribution in [2.45, 2.75) is 70.0 Å². The lowest BCUT2D eigenvalue weighted by Crippen LogP contribution is -2.53. The van der Waals surface area contributed by atoms with Crippen molar-refractivity contribution in [2.75, 3.05) is 31.9 Å². The molecule has 0 aliphatic carbocycles. The molecule has 3 N–H and O–H groups in total. The van der Waals surface area contributed by atoms with Crippen LogP contribution in [-0.4, -0.2) is 81.1 Å². The first-order valence-corrected chi connectivity index (χ1v) is 18.5. The van der Waals surface area contributed by atoms with Crippen LogP contribution in [0.2, 0.25) is 10.0 Å². The van der Waals surface area contributed by atoms with Gasteiger partial charge in [-0.3, -0.25) is 14.5 Å². The number of ether oxygens (including phenoxy) is 4. The molecule has 15 nitrogen and oxygen atoms in total. The quantitative estimate of drug-likeness (QED) is 0.0486. The predicted octanol–water partition coefficient (Wildman–Crippen LogP) is 5.77. The topological polar surface area (TPSA) is 211 Å². The number of nitrogens with two attached hydrogens (primary N) is 1. The fourth-order valence-electron chi connectivity index (χ4n) is 4.93. The Morgan fingerprint density at radius 3 is 2.30 bits per heavy atom. The summed E-state index contributed by atoms with van der Waals surface area (Å²) in [6.45, 7) is 5.42. The molecule has 18 heteroatoms. The monoisotopic (exact) mass is 797 g/mol. The average molecular weight is 799 g/mol. The van der Waals surface area contributed by atoms with E-state index in [4.69, 9.17) is 51.7 Å². The highest BCUT2D eigenvalue weighted by atomic mass is 35.5. The van der Waals surface area contributed by atoms with E-state index in [1.165, 1.54) is 30.2 Å². The molecule has 0 fully saturated rings. The van der Waals surface area contributed by atoms with E-state index >= 15 is 0 Å². The van der Waals surface area contributed by atoms with E-state index in [9.17, 15) is 32.4 Å². The number of nitrogens with one attached hydrogen (secondary N) is 1. The fourth-order valence-corrected chi connectivity index (χ4v) is 6.22. The van der Waals surface area contributed by atoms with Gasteiger partial charge in [0.25, 0.3) is 5.78 Å². The summed E-state index contributed by atoms with van der Waals surface area (Å²) in [6, 6.07) is 11.0. The van der Waals surface area contributed by atoms with Crippen molar-refractivity contribution in [1.29, 1.82) is 0 Å². The van der Waals surface area contributed by atoms with Crippen molar-refractivity contribution in [3.05, 3.63) is 81.7 Å². The molecule has 0 spiro atoms. The molecule has 3 rings (SSSR count). The number of rotatable bonds is 19. The largest absolute Gasteiger partial charge is 0.467 e. The first kappa shape index (κ1) is 42.9. The number of hydrogen-bond donors (Lipinski definition) is 2. The van der Waals surface area contributed by atoms with Gasteiger partial charge in [0.2, 0.25) is 16.8 Å². The normalized spacial score (nSPS) is 12.1. The molecule has 1 amide bonds. The zero-order chi connectivity index (χ0) is 39.3. The van der Waals surface area contributed by atoms with Gasteiger partial charge in [0.05, 0.1) is 41.7 Å². The summed E-state index contributed by atoms with van der Waals surface area (Å²) in [5, 5.41) is 8.39. The lowest BCUT2D eigenvalue weighted by molar-refractivity contribution is -0.162. The molecular formula is C35H41Cl2N3O12S. The molecular weight excluding hydrogens is 757 g/mol. The van der Waals surface area contributed by atoms with Gasteiger partial charge in [-0.25, -0.2) is 27.9 Å². The molecule has 2 aromatic carbocycles. The number of sulfonamides is 1. The van der Waals surface area contributed by atoms with Crippen LogP contribution in [0, 0.1) is 0 Å². The third-order valence-electron chi connectivity index (χ3n) is 7.43. The van der Waals surface area contributed by atoms with E-state index in [-0.39, 0.29) is 41.8 Å². The number of carbonyl (C=O) groups excluding carboxylic acids is 5. The van der Waals surface area contributed by atoms with Gasteiger partial charge in [0, 0.05) is 22.7 Å². The van der Waals surface area contributed by atoms with Crippen molar-refractivity contribution in [2.24, 2.45) is 5.14 Å². The van der Waals surface area contributed by atoms with Crippen LogP contribution >= 0.6 is 23.2 Å². The molecule has 0 saturated heterocycles. The summed E-state index contributed by atoms with van der Waals surface area (Å²) in [5.74, 6) is -2.93. The van der Waals surface area contributed by atoms with Gasteiger partial charge in [-0.15, -0.1) is 0 Å². The third-order valence-corrected chi connectivity index (χ3v) is 9.04. The Morgan fingerprint density at radius 2 is 1.66 bits per heavy atom. The van der Waals surface area contributed by atoms with E-state index in [2.05, 4.69) is 5.32 Å². The van der Waals surface area contributed by atoms with Crippen molar-refractivity contribution in [1.82, 2.24) is 4.90 Å². The Morgan fingerprint density at radius 1 is 0.943 bits per heavy atom. The second kappa shape index (κ2) is 19.6. The number of anilines is 1. The van der Waals surface area contributed by atoms with Gasteiger partial charge in [-0.05, 0) is 83.4 Å². The van der Waals surface area contributed by atoms with E-state index in [0.717, 1.165) is 6.07 Å². The Bertz CT molecular complexity index is 1880. The number of furan rings is 1. The number of ketones is 2. The van der Waals surface area contributed by atoms with E-state index in [0.29, 0.717) is 35.6 Å². The van der Waals surface area contributed by atoms with Crippen molar-refractivity contribution < 1.29 is 55.8 Å². The molecule has 0 bridgehead atoms. The first-order chi connectivity index (χ1) is 24.9. The molecule has 0 aliphatic heterocycles. The second-order valence-corrected chi connectivity index (χ2v) is 14.9. The molecule has 1 aromatic heterocycles. The highest BCUT2D eigenvalue weighted by Crippen LogP contribution is 2.29. The van der Waals surface area contributed by atoms with Gasteiger partial charge in [-0.1, -0.05) is 35.3 Å². The highest BCUT2D eigenvalue weighted by molar-refractivity contribution is 7.89. The SMILES string of the molecule is CC(C(=O)c1cccc(Cl)c1)N(C(=O)OCOC(=O)C(=O)COCCCCCOC(=O)c1cc(S(N)(=O)=O)c(Cl)cc1NCc1ccco1)C(C)(C)C. The van der Waals surface area contributed by atoms with Crippen LogP contribution < -0.4 is 10.5 Å². The molecule has 3 aromatic rings. The average Bonchev–Trinajstić information content (AvgIpc) is 3.60. The summed E-state index contributed by atoms with van der Waals surface area (Å²) >= 11 is 12.1. The minimum absolute atomic E-state index is 0.0199. The number of halogens is 2. The van der Waals surface area contributed by atoms with Gasteiger partial charge < -0.3 is 28.7 Å². The number of amides is 1. The molecule has 1 unspecified atom stereocenters. The number of hydrogen-bond acceptors (Lipinski definition) is 13. The minimum Gasteiger partial charge on any atom is -0.467 e. The summed E-state index contributed by atoms with van der Waals surface area (Å²) in [4.78, 5) is 63.9. The number of primary sulfonamides is 1. The number of nitrogens with zero attached hydrogens (tertiary/aromatic N) is 1. The summed E-state index contributed by atoms with van der Waals surface area (Å²) < 4.78 is 49.6. The van der Waals surface area contributed by atoms with E-state index < -0.39 is 63.7 Å². The van der Waals surface area contributed by atoms with Crippen LogP contribution in [0.5, 0.6) is 0 Å². The standard InChI is InChI=1S/C35H41Cl2N3O12S/c1-22(31(42)23-10-8-11-24(36)16-23)40(35(2,3)4)34(45)52-21-51-33(44)29(41)20-48-13-6-5-7-14-50-32(43)26-17-30(53(38,46)47)27(37)18-28(26)39-19-25-12-9-15-49-25/h8-12,15-18,22,39H,5-7,13-14,19-21H2,1-4H3,(H2,38,46,47). The number of benzene rings is 2. The fraction of sp³-hybridized carbons (Fsp3) is 0.400. The Labute approximate surface area is 317 Å².